The summed E-state index contributed by atoms with van der Waals surface area (Å²) >= 11 is 13.0. The molecule has 1 aliphatic rings. The minimum Gasteiger partial charge on any atom is -0.487 e. The number of benzene rings is 3. The summed E-state index contributed by atoms with van der Waals surface area (Å²) in [6, 6.07) is 12.6. The number of amidine groups is 1. The van der Waals surface area contributed by atoms with E-state index in [9.17, 15) is 36.0 Å². The smallest absolute Gasteiger partial charge is 0.417 e. The van der Waals surface area contributed by atoms with Gasteiger partial charge in [0, 0.05) is 59.4 Å². The van der Waals surface area contributed by atoms with Crippen LogP contribution in [0.5, 0.6) is 5.75 Å². The Morgan fingerprint density at radius 1 is 1.04 bits per heavy atom. The molecule has 1 atom stereocenters. The van der Waals surface area contributed by atoms with Gasteiger partial charge in [-0.2, -0.15) is 17.5 Å². The van der Waals surface area contributed by atoms with Gasteiger partial charge in [0.25, 0.3) is 5.91 Å². The molecule has 3 aromatic carbocycles. The zero-order chi connectivity index (χ0) is 40.1. The largest absolute Gasteiger partial charge is 0.487 e. The molecule has 292 valence electrons. The average molecular weight is 824 g/mol. The summed E-state index contributed by atoms with van der Waals surface area (Å²) in [6.07, 6.45) is -3.64. The number of carbonyl (C=O) groups is 3. The third-order valence-corrected chi connectivity index (χ3v) is 11.4. The van der Waals surface area contributed by atoms with Gasteiger partial charge < -0.3 is 25.9 Å². The molecule has 13 nitrogen and oxygen atoms in total. The number of alkyl halides is 3. The normalized spacial score (nSPS) is 15.2. The van der Waals surface area contributed by atoms with Crippen LogP contribution in [0.15, 0.2) is 70.7 Å². The van der Waals surface area contributed by atoms with Crippen molar-refractivity contribution in [2.24, 2.45) is 10.9 Å². The molecule has 5 rings (SSSR count). The summed E-state index contributed by atoms with van der Waals surface area (Å²) in [7, 11) is -4.35. The van der Waals surface area contributed by atoms with Gasteiger partial charge >= 0.3 is 12.1 Å². The number of fused-ring (bicyclic) bond motifs is 1. The molecule has 0 unspecified atom stereocenters. The highest BCUT2D eigenvalue weighted by molar-refractivity contribution is 7.89. The van der Waals surface area contributed by atoms with E-state index in [4.69, 9.17) is 33.7 Å². The van der Waals surface area contributed by atoms with Gasteiger partial charge in [-0.05, 0) is 62.6 Å². The third-order valence-electron chi connectivity index (χ3n) is 8.51. The molecule has 0 radical (unpaired) electrons. The van der Waals surface area contributed by atoms with Gasteiger partial charge in [0.2, 0.25) is 15.9 Å². The van der Waals surface area contributed by atoms with Gasteiger partial charge in [0.15, 0.2) is 5.84 Å². The van der Waals surface area contributed by atoms with Crippen LogP contribution in [-0.4, -0.2) is 67.0 Å². The van der Waals surface area contributed by atoms with Crippen LogP contribution in [0.4, 0.5) is 13.2 Å². The number of nitrogens with one attached hydrogen (secondary N) is 2. The van der Waals surface area contributed by atoms with Crippen molar-refractivity contribution in [3.05, 3.63) is 98.7 Å². The van der Waals surface area contributed by atoms with Gasteiger partial charge in [0.05, 0.1) is 10.6 Å². The minimum absolute atomic E-state index is 0.00665. The number of carbonyl (C=O) groups excluding carboxylic acids is 3. The van der Waals surface area contributed by atoms with E-state index in [1.165, 1.54) is 68.4 Å². The molecule has 55 heavy (non-hydrogen) atoms. The van der Waals surface area contributed by atoms with Crippen LogP contribution in [0.25, 0.3) is 10.9 Å². The Morgan fingerprint density at radius 2 is 1.73 bits per heavy atom. The lowest BCUT2D eigenvalue weighted by Crippen LogP contribution is -2.46. The summed E-state index contributed by atoms with van der Waals surface area (Å²) in [4.78, 5) is 45.1. The first-order chi connectivity index (χ1) is 26.0. The van der Waals surface area contributed by atoms with E-state index in [0.717, 1.165) is 10.4 Å². The van der Waals surface area contributed by atoms with E-state index in [1.54, 1.807) is 0 Å². The maximum Gasteiger partial charge on any atom is 0.417 e. The molecular weight excluding hydrogens is 788 g/mol. The number of nitrogens with two attached hydrogens (primary N) is 1. The molecule has 0 aliphatic carbocycles. The number of hydrogen-bond acceptors (Lipinski definition) is 9. The van der Waals surface area contributed by atoms with Crippen LogP contribution in [0.1, 0.15) is 58.9 Å². The summed E-state index contributed by atoms with van der Waals surface area (Å²) in [5.41, 5.74) is 5.79. The molecular formula is C36H35Cl2F3N6O7S. The number of nitrogens with zero attached hydrogens (tertiary/aromatic N) is 3. The summed E-state index contributed by atoms with van der Waals surface area (Å²) in [5, 5.41) is 8.57. The SMILES string of the molecule is CC(=O)ON=C(N)c1ccc(C(=O)NCCCNC(=O)[C@@H]2CCCN2S(=O)(=O)c2ccc(Cl)c(COc3cccc4c(C(F)(F)F)cc(C)nc34)c2Cl)cc1. The second-order valence-electron chi connectivity index (χ2n) is 12.4. The lowest BCUT2D eigenvalue weighted by Gasteiger charge is -2.24. The summed E-state index contributed by atoms with van der Waals surface area (Å²) in [5.74, 6) is -1.58. The highest BCUT2D eigenvalue weighted by Crippen LogP contribution is 2.39. The fraction of sp³-hybridized carbons (Fsp3) is 0.306. The number of amides is 2. The summed E-state index contributed by atoms with van der Waals surface area (Å²) in [6.45, 7) is 2.59. The lowest BCUT2D eigenvalue weighted by molar-refractivity contribution is -0.141. The van der Waals surface area contributed by atoms with Gasteiger partial charge in [-0.1, -0.05) is 52.6 Å². The molecule has 0 spiro atoms. The van der Waals surface area contributed by atoms with Crippen LogP contribution in [0.3, 0.4) is 0 Å². The number of aryl methyl sites for hydroxylation is 1. The van der Waals surface area contributed by atoms with Crippen LogP contribution in [0, 0.1) is 6.92 Å². The Hall–Kier alpha value is -4.97. The third kappa shape index (κ3) is 9.65. The van der Waals surface area contributed by atoms with Crippen molar-refractivity contribution in [3.8, 4) is 5.75 Å². The van der Waals surface area contributed by atoms with Crippen molar-refractivity contribution in [2.45, 2.75) is 56.8 Å². The monoisotopic (exact) mass is 822 g/mol. The maximum absolute atomic E-state index is 13.9. The van der Waals surface area contributed by atoms with Crippen LogP contribution < -0.4 is 21.1 Å². The highest BCUT2D eigenvalue weighted by Gasteiger charge is 2.41. The number of aromatic nitrogens is 1. The molecule has 4 aromatic rings. The van der Waals surface area contributed by atoms with Crippen molar-refractivity contribution >= 4 is 67.7 Å². The molecule has 2 heterocycles. The molecule has 1 fully saturated rings. The summed E-state index contributed by atoms with van der Waals surface area (Å²) < 4.78 is 76.1. The Kier molecular flexibility index (Phi) is 12.9. The van der Waals surface area contributed by atoms with Crippen LogP contribution in [0.2, 0.25) is 10.0 Å². The fourth-order valence-electron chi connectivity index (χ4n) is 5.86. The number of oxime groups is 1. The van der Waals surface area contributed by atoms with Gasteiger partial charge in [-0.15, -0.1) is 0 Å². The lowest BCUT2D eigenvalue weighted by atomic mass is 10.1. The number of hydrogen-bond donors (Lipinski definition) is 3. The quantitative estimate of drug-likeness (QED) is 0.0500. The van der Waals surface area contributed by atoms with Crippen molar-refractivity contribution in [1.82, 2.24) is 19.9 Å². The first-order valence-corrected chi connectivity index (χ1v) is 18.9. The van der Waals surface area contributed by atoms with Gasteiger partial charge in [0.1, 0.15) is 28.8 Å². The van der Waals surface area contributed by atoms with E-state index in [2.05, 4.69) is 25.6 Å². The number of para-hydroxylation sites is 1. The maximum atomic E-state index is 13.9. The predicted octanol–water partition coefficient (Wildman–Crippen LogP) is 5.72. The molecule has 0 saturated carbocycles. The number of ether oxygens (including phenoxy) is 1. The zero-order valence-corrected chi connectivity index (χ0v) is 31.7. The fourth-order valence-corrected chi connectivity index (χ4v) is 8.38. The van der Waals surface area contributed by atoms with Crippen molar-refractivity contribution < 1.29 is 45.5 Å². The number of halogens is 5. The average Bonchev–Trinajstić information content (AvgIpc) is 3.64. The van der Waals surface area contributed by atoms with E-state index in [-0.39, 0.29) is 80.6 Å². The Labute approximate surface area is 324 Å². The second kappa shape index (κ2) is 17.2. The predicted molar refractivity (Wildman–Crippen MR) is 198 cm³/mol. The van der Waals surface area contributed by atoms with E-state index in [1.807, 2.05) is 0 Å². The zero-order valence-electron chi connectivity index (χ0n) is 29.4. The molecule has 4 N–H and O–H groups in total. The molecule has 1 aromatic heterocycles. The van der Waals surface area contributed by atoms with Crippen molar-refractivity contribution in [1.29, 1.82) is 0 Å². The van der Waals surface area contributed by atoms with Crippen molar-refractivity contribution in [2.75, 3.05) is 19.6 Å². The molecule has 19 heteroatoms. The highest BCUT2D eigenvalue weighted by atomic mass is 35.5. The Bertz CT molecular complexity index is 2260. The van der Waals surface area contributed by atoms with Crippen LogP contribution in [-0.2, 0) is 37.2 Å². The molecule has 1 aliphatic heterocycles. The molecule has 2 amide bonds. The number of rotatable bonds is 13. The van der Waals surface area contributed by atoms with Crippen LogP contribution >= 0.6 is 23.2 Å². The van der Waals surface area contributed by atoms with E-state index in [0.29, 0.717) is 24.0 Å². The van der Waals surface area contributed by atoms with E-state index < -0.39 is 46.3 Å². The van der Waals surface area contributed by atoms with Gasteiger partial charge in [-0.3, -0.25) is 9.59 Å². The minimum atomic E-state index is -4.64. The topological polar surface area (TPSA) is 182 Å². The Balaban J connectivity index is 1.20. The van der Waals surface area contributed by atoms with Crippen molar-refractivity contribution in [3.63, 3.8) is 0 Å². The molecule has 0 bridgehead atoms. The van der Waals surface area contributed by atoms with E-state index >= 15 is 0 Å². The Morgan fingerprint density at radius 3 is 2.42 bits per heavy atom. The first-order valence-electron chi connectivity index (χ1n) is 16.8. The number of sulfonamides is 1. The van der Waals surface area contributed by atoms with Gasteiger partial charge in [-0.25, -0.2) is 18.2 Å². The molecule has 1 saturated heterocycles. The standard InChI is InChI=1S/C36H35Cl2F3N6O7S/c1-20-18-26(36(39,40)41)24-6-3-8-29(32(24)45-20)53-19-25-27(37)13-14-30(31(25)38)55(51,52)47-17-4-7-28(47)35(50)44-16-5-15-43-34(49)23-11-9-22(10-12-23)33(42)46-54-21(2)48/h3,6,8-14,18,28H,4-5,7,15-17,19H2,1-2H3,(H2,42,46)(H,43,49)(H,44,50)/t28-/m0/s1. The number of pyridine rings is 1. The first kappa shape index (κ1) is 41.2. The second-order valence-corrected chi connectivity index (χ2v) is 15.0.